The van der Waals surface area contributed by atoms with Gasteiger partial charge in [-0.15, -0.1) is 0 Å². The van der Waals surface area contributed by atoms with Crippen LogP contribution in [-0.4, -0.2) is 40.9 Å². The smallest absolute Gasteiger partial charge is 0.132 e. The molecule has 0 unspecified atom stereocenters. The van der Waals surface area contributed by atoms with E-state index in [4.69, 9.17) is 0 Å². The van der Waals surface area contributed by atoms with E-state index in [1.165, 1.54) is 5.82 Å². The Kier molecular flexibility index (Phi) is 3.91. The van der Waals surface area contributed by atoms with Crippen LogP contribution in [0.15, 0.2) is 60.8 Å². The quantitative estimate of drug-likeness (QED) is 0.744. The number of piperazine rings is 1. The Morgan fingerprint density at radius 3 is 2.25 bits per heavy atom. The second-order valence-electron chi connectivity index (χ2n) is 6.05. The van der Waals surface area contributed by atoms with Crippen molar-refractivity contribution in [2.45, 2.75) is 6.92 Å². The first-order valence-corrected chi connectivity index (χ1v) is 8.34. The molecule has 122 valence electrons. The molecule has 0 radical (unpaired) electrons. The van der Waals surface area contributed by atoms with Gasteiger partial charge in [0.2, 0.25) is 0 Å². The minimum atomic E-state index is 0.967. The zero-order chi connectivity index (χ0) is 16.4. The third-order valence-electron chi connectivity index (χ3n) is 4.39. The average Bonchev–Trinajstić information content (AvgIpc) is 3.05. The van der Waals surface area contributed by atoms with Crippen LogP contribution in [0, 0.1) is 6.92 Å². The maximum absolute atomic E-state index is 4.68. The fourth-order valence-electron chi connectivity index (χ4n) is 3.18. The van der Waals surface area contributed by atoms with Crippen molar-refractivity contribution in [3.05, 3.63) is 66.5 Å². The Labute approximate surface area is 142 Å². The monoisotopic (exact) mass is 319 g/mol. The van der Waals surface area contributed by atoms with Crippen LogP contribution in [0.4, 0.5) is 11.6 Å². The van der Waals surface area contributed by atoms with E-state index >= 15 is 0 Å². The zero-order valence-electron chi connectivity index (χ0n) is 13.8. The average molecular weight is 319 g/mol. The van der Waals surface area contributed by atoms with Crippen molar-refractivity contribution in [1.29, 1.82) is 0 Å². The van der Waals surface area contributed by atoms with Crippen LogP contribution < -0.4 is 9.80 Å². The Hall–Kier alpha value is -2.82. The molecule has 0 atom stereocenters. The minimum Gasteiger partial charge on any atom is -0.353 e. The molecular weight excluding hydrogens is 298 g/mol. The number of aromatic nitrogens is 3. The molecule has 1 saturated heterocycles. The standard InChI is InChI=1S/C19H21N5/c1-16-15-19(24(21-16)17-7-3-2-4-8-17)23-13-11-22(12-14-23)18-9-5-6-10-20-18/h2-10,15H,11-14H2,1H3. The van der Waals surface area contributed by atoms with Gasteiger partial charge in [0.15, 0.2) is 0 Å². The van der Waals surface area contributed by atoms with E-state index in [1.54, 1.807) is 0 Å². The van der Waals surface area contributed by atoms with Crippen molar-refractivity contribution in [1.82, 2.24) is 14.8 Å². The molecule has 1 aliphatic rings. The first kappa shape index (κ1) is 14.8. The molecule has 5 nitrogen and oxygen atoms in total. The molecule has 4 rings (SSSR count). The molecule has 1 aromatic carbocycles. The van der Waals surface area contributed by atoms with Gasteiger partial charge in [-0.05, 0) is 31.2 Å². The number of benzene rings is 1. The SMILES string of the molecule is Cc1cc(N2CCN(c3ccccn3)CC2)n(-c2ccccc2)n1. The topological polar surface area (TPSA) is 37.2 Å². The number of aryl methyl sites for hydroxylation is 1. The molecule has 1 aliphatic heterocycles. The summed E-state index contributed by atoms with van der Waals surface area (Å²) >= 11 is 0. The van der Waals surface area contributed by atoms with E-state index in [0.29, 0.717) is 0 Å². The van der Waals surface area contributed by atoms with E-state index in [1.807, 2.05) is 36.0 Å². The zero-order valence-corrected chi connectivity index (χ0v) is 13.8. The second-order valence-corrected chi connectivity index (χ2v) is 6.05. The fraction of sp³-hybridized carbons (Fsp3) is 0.263. The summed E-state index contributed by atoms with van der Waals surface area (Å²) in [4.78, 5) is 9.21. The lowest BCUT2D eigenvalue weighted by Crippen LogP contribution is -2.47. The molecule has 0 bridgehead atoms. The van der Waals surface area contributed by atoms with Gasteiger partial charge in [-0.3, -0.25) is 0 Å². The van der Waals surface area contributed by atoms with Gasteiger partial charge in [0.1, 0.15) is 11.6 Å². The Morgan fingerprint density at radius 1 is 0.833 bits per heavy atom. The summed E-state index contributed by atoms with van der Waals surface area (Å²) in [5, 5.41) is 4.68. The van der Waals surface area contributed by atoms with Crippen LogP contribution in [-0.2, 0) is 0 Å². The molecule has 5 heteroatoms. The van der Waals surface area contributed by atoms with Gasteiger partial charge in [-0.25, -0.2) is 9.67 Å². The largest absolute Gasteiger partial charge is 0.353 e. The van der Waals surface area contributed by atoms with E-state index in [2.05, 4.69) is 56.3 Å². The molecule has 0 N–H and O–H groups in total. The predicted molar refractivity (Wildman–Crippen MR) is 97.0 cm³/mol. The molecule has 24 heavy (non-hydrogen) atoms. The number of para-hydroxylation sites is 1. The number of anilines is 2. The van der Waals surface area contributed by atoms with E-state index in [-0.39, 0.29) is 0 Å². The van der Waals surface area contributed by atoms with Crippen LogP contribution >= 0.6 is 0 Å². The molecule has 3 heterocycles. The lowest BCUT2D eigenvalue weighted by atomic mass is 10.3. The lowest BCUT2D eigenvalue weighted by Gasteiger charge is -2.36. The van der Waals surface area contributed by atoms with Gasteiger partial charge < -0.3 is 9.80 Å². The normalized spacial score (nSPS) is 14.9. The minimum absolute atomic E-state index is 0.967. The van der Waals surface area contributed by atoms with Crippen molar-refractivity contribution >= 4 is 11.6 Å². The predicted octanol–water partition coefficient (Wildman–Crippen LogP) is 2.90. The lowest BCUT2D eigenvalue weighted by molar-refractivity contribution is 0.632. The summed E-state index contributed by atoms with van der Waals surface area (Å²) in [7, 11) is 0. The molecule has 0 saturated carbocycles. The molecule has 0 aliphatic carbocycles. The summed E-state index contributed by atoms with van der Waals surface area (Å²) in [5.74, 6) is 2.23. The van der Waals surface area contributed by atoms with E-state index in [0.717, 1.165) is 43.4 Å². The number of pyridine rings is 1. The number of hydrogen-bond acceptors (Lipinski definition) is 4. The van der Waals surface area contributed by atoms with Crippen molar-refractivity contribution in [3.63, 3.8) is 0 Å². The molecule has 2 aromatic heterocycles. The summed E-state index contributed by atoms with van der Waals surface area (Å²) < 4.78 is 2.05. The Balaban J connectivity index is 1.54. The van der Waals surface area contributed by atoms with Gasteiger partial charge in [0.25, 0.3) is 0 Å². The van der Waals surface area contributed by atoms with Gasteiger partial charge in [0, 0.05) is 38.4 Å². The molecular formula is C19H21N5. The molecule has 1 fully saturated rings. The van der Waals surface area contributed by atoms with E-state index in [9.17, 15) is 0 Å². The van der Waals surface area contributed by atoms with Crippen molar-refractivity contribution in [2.24, 2.45) is 0 Å². The third-order valence-corrected chi connectivity index (χ3v) is 4.39. The van der Waals surface area contributed by atoms with Crippen LogP contribution in [0.25, 0.3) is 5.69 Å². The highest BCUT2D eigenvalue weighted by Crippen LogP contribution is 2.23. The van der Waals surface area contributed by atoms with Gasteiger partial charge in [0.05, 0.1) is 11.4 Å². The van der Waals surface area contributed by atoms with Crippen LogP contribution in [0.5, 0.6) is 0 Å². The van der Waals surface area contributed by atoms with Crippen molar-refractivity contribution < 1.29 is 0 Å². The first-order valence-electron chi connectivity index (χ1n) is 8.34. The van der Waals surface area contributed by atoms with Crippen molar-refractivity contribution in [3.8, 4) is 5.69 Å². The van der Waals surface area contributed by atoms with Crippen LogP contribution in [0.2, 0.25) is 0 Å². The van der Waals surface area contributed by atoms with Gasteiger partial charge in [-0.1, -0.05) is 24.3 Å². The summed E-state index contributed by atoms with van der Waals surface area (Å²) in [6.07, 6.45) is 1.86. The maximum atomic E-state index is 4.68. The van der Waals surface area contributed by atoms with Crippen LogP contribution in [0.1, 0.15) is 5.69 Å². The summed E-state index contributed by atoms with van der Waals surface area (Å²) in [5.41, 5.74) is 2.15. The number of hydrogen-bond donors (Lipinski definition) is 0. The Bertz CT molecular complexity index is 789. The number of rotatable bonds is 3. The van der Waals surface area contributed by atoms with Crippen LogP contribution in [0.3, 0.4) is 0 Å². The third kappa shape index (κ3) is 2.85. The molecule has 0 amide bonds. The highest BCUT2D eigenvalue weighted by molar-refractivity contribution is 5.50. The number of nitrogens with zero attached hydrogens (tertiary/aromatic N) is 5. The first-order chi connectivity index (χ1) is 11.8. The highest BCUT2D eigenvalue weighted by atomic mass is 15.4. The van der Waals surface area contributed by atoms with Gasteiger partial charge >= 0.3 is 0 Å². The molecule has 3 aromatic rings. The van der Waals surface area contributed by atoms with E-state index < -0.39 is 0 Å². The summed E-state index contributed by atoms with van der Waals surface area (Å²) in [6.45, 7) is 5.92. The fourth-order valence-corrected chi connectivity index (χ4v) is 3.18. The molecule has 0 spiro atoms. The van der Waals surface area contributed by atoms with Gasteiger partial charge in [-0.2, -0.15) is 5.10 Å². The summed E-state index contributed by atoms with van der Waals surface area (Å²) in [6, 6.07) is 18.6. The van der Waals surface area contributed by atoms with Crippen molar-refractivity contribution in [2.75, 3.05) is 36.0 Å². The Morgan fingerprint density at radius 2 is 1.54 bits per heavy atom. The second kappa shape index (κ2) is 6.35. The highest BCUT2D eigenvalue weighted by Gasteiger charge is 2.21. The maximum Gasteiger partial charge on any atom is 0.132 e.